The van der Waals surface area contributed by atoms with Crippen LogP contribution in [0.2, 0.25) is 0 Å². The van der Waals surface area contributed by atoms with E-state index < -0.39 is 47.9 Å². The number of carboxylic acid groups (broad SMARTS) is 1. The van der Waals surface area contributed by atoms with Crippen molar-refractivity contribution in [1.82, 2.24) is 16.0 Å². The molecule has 1 aromatic rings. The highest BCUT2D eigenvalue weighted by atomic mass is 32.1. The minimum absolute atomic E-state index is 0.0401. The molecule has 178 valence electrons. The molecule has 0 bridgehead atoms. The number of carboxylic acids is 1. The molecule has 0 heterocycles. The van der Waals surface area contributed by atoms with Crippen LogP contribution in [0.15, 0.2) is 24.3 Å². The second-order valence-corrected chi connectivity index (χ2v) is 8.03. The minimum Gasteiger partial charge on any atom is -0.508 e. The average Bonchev–Trinajstić information content (AvgIpc) is 2.76. The first-order valence-corrected chi connectivity index (χ1v) is 10.9. The highest BCUT2D eigenvalue weighted by Crippen LogP contribution is 2.13. The van der Waals surface area contributed by atoms with E-state index in [4.69, 9.17) is 10.8 Å². The first-order valence-electron chi connectivity index (χ1n) is 10.3. The minimum atomic E-state index is -1.22. The SMILES string of the molecule is CCC(C)C(NC(=O)C(N)CS)C(=O)NC(Cc1ccc(O)cc1)C(=O)NC(C)C(=O)O. The Morgan fingerprint density at radius 2 is 1.59 bits per heavy atom. The summed E-state index contributed by atoms with van der Waals surface area (Å²) < 4.78 is 0. The van der Waals surface area contributed by atoms with E-state index in [9.17, 15) is 24.3 Å². The van der Waals surface area contributed by atoms with Gasteiger partial charge in [0.1, 0.15) is 23.9 Å². The number of hydrogen-bond donors (Lipinski definition) is 7. The van der Waals surface area contributed by atoms with Gasteiger partial charge >= 0.3 is 5.97 Å². The predicted molar refractivity (Wildman–Crippen MR) is 122 cm³/mol. The van der Waals surface area contributed by atoms with Crippen LogP contribution in [0.25, 0.3) is 0 Å². The summed E-state index contributed by atoms with van der Waals surface area (Å²) in [5.41, 5.74) is 6.33. The van der Waals surface area contributed by atoms with Gasteiger partial charge in [0.05, 0.1) is 6.04 Å². The number of carbonyl (C=O) groups excluding carboxylic acids is 3. The molecule has 0 aromatic heterocycles. The summed E-state index contributed by atoms with van der Waals surface area (Å²) in [5, 5.41) is 26.1. The normalized spacial score (nSPS) is 15.5. The monoisotopic (exact) mass is 468 g/mol. The number of carbonyl (C=O) groups is 4. The van der Waals surface area contributed by atoms with Crippen LogP contribution < -0.4 is 21.7 Å². The van der Waals surface area contributed by atoms with Crippen LogP contribution in [0.5, 0.6) is 5.75 Å². The summed E-state index contributed by atoms with van der Waals surface area (Å²) in [4.78, 5) is 49.2. The molecule has 7 N–H and O–H groups in total. The van der Waals surface area contributed by atoms with Crippen molar-refractivity contribution >= 4 is 36.3 Å². The molecule has 0 aliphatic rings. The van der Waals surface area contributed by atoms with Crippen LogP contribution in [0.4, 0.5) is 0 Å². The zero-order valence-electron chi connectivity index (χ0n) is 18.4. The van der Waals surface area contributed by atoms with Crippen molar-refractivity contribution in [2.24, 2.45) is 11.7 Å². The van der Waals surface area contributed by atoms with Crippen LogP contribution in [0, 0.1) is 5.92 Å². The van der Waals surface area contributed by atoms with Gasteiger partial charge in [-0.25, -0.2) is 0 Å². The van der Waals surface area contributed by atoms with Gasteiger partial charge in [0.25, 0.3) is 0 Å². The van der Waals surface area contributed by atoms with Gasteiger partial charge in [-0.05, 0) is 30.5 Å². The maximum atomic E-state index is 13.0. The Hall–Kier alpha value is -2.79. The van der Waals surface area contributed by atoms with Crippen molar-refractivity contribution in [3.8, 4) is 5.75 Å². The van der Waals surface area contributed by atoms with E-state index in [1.807, 2.05) is 6.92 Å². The van der Waals surface area contributed by atoms with Gasteiger partial charge in [-0.2, -0.15) is 12.6 Å². The number of amides is 3. The molecular formula is C21H32N4O6S. The number of aromatic hydroxyl groups is 1. The fourth-order valence-corrected chi connectivity index (χ4v) is 2.93. The molecule has 0 radical (unpaired) electrons. The number of rotatable bonds is 12. The van der Waals surface area contributed by atoms with Gasteiger partial charge in [0.2, 0.25) is 17.7 Å². The maximum Gasteiger partial charge on any atom is 0.325 e. The van der Waals surface area contributed by atoms with Gasteiger partial charge < -0.3 is 31.9 Å². The Morgan fingerprint density at radius 3 is 2.09 bits per heavy atom. The average molecular weight is 469 g/mol. The van der Waals surface area contributed by atoms with E-state index in [0.717, 1.165) is 0 Å². The number of thiol groups is 1. The van der Waals surface area contributed by atoms with Crippen LogP contribution in [0.1, 0.15) is 32.8 Å². The van der Waals surface area contributed by atoms with E-state index in [2.05, 4.69) is 28.6 Å². The Morgan fingerprint density at radius 1 is 1.00 bits per heavy atom. The smallest absolute Gasteiger partial charge is 0.325 e. The lowest BCUT2D eigenvalue weighted by Gasteiger charge is -2.27. The van der Waals surface area contributed by atoms with Crippen molar-refractivity contribution in [3.63, 3.8) is 0 Å². The van der Waals surface area contributed by atoms with E-state index >= 15 is 0 Å². The first kappa shape index (κ1) is 27.2. The molecule has 1 aromatic carbocycles. The Bertz CT molecular complexity index is 804. The number of hydrogen-bond acceptors (Lipinski definition) is 7. The van der Waals surface area contributed by atoms with Crippen molar-refractivity contribution < 1.29 is 29.4 Å². The van der Waals surface area contributed by atoms with Crippen molar-refractivity contribution in [3.05, 3.63) is 29.8 Å². The summed E-state index contributed by atoms with van der Waals surface area (Å²) in [6.45, 7) is 4.93. The molecular weight excluding hydrogens is 436 g/mol. The molecule has 10 nitrogen and oxygen atoms in total. The number of phenolic OH excluding ortho intramolecular Hbond substituents is 1. The second kappa shape index (κ2) is 12.9. The van der Waals surface area contributed by atoms with Crippen molar-refractivity contribution in [1.29, 1.82) is 0 Å². The molecule has 0 fully saturated rings. The van der Waals surface area contributed by atoms with Gasteiger partial charge in [-0.1, -0.05) is 32.4 Å². The quantitative estimate of drug-likeness (QED) is 0.208. The predicted octanol–water partition coefficient (Wildman–Crippen LogP) is -0.203. The van der Waals surface area contributed by atoms with E-state index in [0.29, 0.717) is 12.0 Å². The maximum absolute atomic E-state index is 13.0. The third kappa shape index (κ3) is 8.39. The van der Waals surface area contributed by atoms with Crippen LogP contribution in [-0.4, -0.2) is 63.8 Å². The topological polar surface area (TPSA) is 171 Å². The third-order valence-corrected chi connectivity index (χ3v) is 5.46. The molecule has 5 unspecified atom stereocenters. The van der Waals surface area contributed by atoms with Crippen molar-refractivity contribution in [2.45, 2.75) is 57.8 Å². The number of phenols is 1. The van der Waals surface area contributed by atoms with Gasteiger partial charge in [0, 0.05) is 12.2 Å². The first-order chi connectivity index (χ1) is 15.0. The van der Waals surface area contributed by atoms with Crippen LogP contribution >= 0.6 is 12.6 Å². The summed E-state index contributed by atoms with van der Waals surface area (Å²) in [7, 11) is 0. The highest BCUT2D eigenvalue weighted by Gasteiger charge is 2.31. The van der Waals surface area contributed by atoms with Gasteiger partial charge in [-0.3, -0.25) is 19.2 Å². The summed E-state index contributed by atoms with van der Waals surface area (Å²) in [6.07, 6.45) is 0.612. The molecule has 3 amide bonds. The molecule has 11 heteroatoms. The largest absolute Gasteiger partial charge is 0.508 e. The van der Waals surface area contributed by atoms with Crippen LogP contribution in [0.3, 0.4) is 0 Å². The Labute approximate surface area is 192 Å². The van der Waals surface area contributed by atoms with Crippen molar-refractivity contribution in [2.75, 3.05) is 5.75 Å². The molecule has 1 rings (SSSR count). The number of benzene rings is 1. The van der Waals surface area contributed by atoms with E-state index in [-0.39, 0.29) is 23.8 Å². The third-order valence-electron chi connectivity index (χ3n) is 5.07. The van der Waals surface area contributed by atoms with Crippen LogP contribution in [-0.2, 0) is 25.6 Å². The van der Waals surface area contributed by atoms with E-state index in [1.54, 1.807) is 19.1 Å². The highest BCUT2D eigenvalue weighted by molar-refractivity contribution is 7.80. The summed E-state index contributed by atoms with van der Waals surface area (Å²) in [5.74, 6) is -3.18. The summed E-state index contributed by atoms with van der Waals surface area (Å²) >= 11 is 3.99. The number of nitrogens with two attached hydrogens (primary N) is 1. The standard InChI is InChI=1S/C21H32N4O6S/c1-4-11(2)17(25-18(27)15(22)10-32)20(29)24-16(19(28)23-12(3)21(30)31)9-13-5-7-14(26)8-6-13/h5-8,11-12,15-17,26,32H,4,9-10,22H2,1-3H3,(H,23,28)(H,24,29)(H,25,27)(H,30,31). The Kier molecular flexibility index (Phi) is 11.0. The number of aliphatic carboxylic acids is 1. The fraction of sp³-hybridized carbons (Fsp3) is 0.524. The zero-order valence-corrected chi connectivity index (χ0v) is 19.3. The lowest BCUT2D eigenvalue weighted by atomic mass is 9.96. The Balaban J connectivity index is 3.10. The lowest BCUT2D eigenvalue weighted by molar-refractivity contribution is -0.141. The van der Waals surface area contributed by atoms with Gasteiger partial charge in [0.15, 0.2) is 0 Å². The second-order valence-electron chi connectivity index (χ2n) is 7.66. The molecule has 0 aliphatic heterocycles. The number of nitrogens with one attached hydrogen (secondary N) is 3. The molecule has 5 atom stereocenters. The molecule has 0 saturated carbocycles. The van der Waals surface area contributed by atoms with E-state index in [1.165, 1.54) is 19.1 Å². The molecule has 0 spiro atoms. The zero-order chi connectivity index (χ0) is 24.4. The summed E-state index contributed by atoms with van der Waals surface area (Å²) in [6, 6.07) is 1.91. The molecule has 0 saturated heterocycles. The lowest BCUT2D eigenvalue weighted by Crippen LogP contribution is -2.59. The molecule has 0 aliphatic carbocycles. The molecule has 32 heavy (non-hydrogen) atoms. The fourth-order valence-electron chi connectivity index (χ4n) is 2.76. The van der Waals surface area contributed by atoms with Gasteiger partial charge in [-0.15, -0.1) is 0 Å².